The molecule has 10 aromatic carbocycles. The van der Waals surface area contributed by atoms with Crippen LogP contribution in [-0.2, 0) is 152 Å². The van der Waals surface area contributed by atoms with E-state index in [0.717, 1.165) is 101 Å². The van der Waals surface area contributed by atoms with Crippen molar-refractivity contribution < 1.29 is 184 Å². The Morgan fingerprint density at radius 1 is 0.391 bits per heavy atom. The van der Waals surface area contributed by atoms with E-state index in [4.69, 9.17) is 36.8 Å². The second-order valence-electron chi connectivity index (χ2n) is 30.8. The Kier molecular flexibility index (Phi) is 60.2. The number of carbonyl (C=O) groups excluding carboxylic acids is 5. The molecule has 0 amide bonds. The van der Waals surface area contributed by atoms with Gasteiger partial charge >= 0.3 is 0 Å². The number of halogens is 3. The fourth-order valence-electron chi connectivity index (χ4n) is 11.0. The zero-order valence-electron chi connectivity index (χ0n) is 78.3. The van der Waals surface area contributed by atoms with E-state index >= 15 is 0 Å². The van der Waals surface area contributed by atoms with Crippen molar-refractivity contribution in [3.8, 4) is 62.3 Å². The molecule has 30 heteroatoms. The van der Waals surface area contributed by atoms with Crippen LogP contribution in [0.5, 0.6) is 5.75 Å². The number of imidazole rings is 1. The number of ketones is 5. The van der Waals surface area contributed by atoms with Gasteiger partial charge in [-0.2, -0.15) is 27.4 Å². The maximum absolute atomic E-state index is 12.8. The van der Waals surface area contributed by atoms with Crippen molar-refractivity contribution in [1.29, 1.82) is 0 Å². The van der Waals surface area contributed by atoms with Crippen LogP contribution < -0.4 is 4.74 Å². The van der Waals surface area contributed by atoms with Crippen LogP contribution in [-0.4, -0.2) is 111 Å². The number of aryl methyl sites for hydroxylation is 1. The van der Waals surface area contributed by atoms with Crippen molar-refractivity contribution in [2.45, 2.75) is 96.9 Å². The molecule has 6 heterocycles. The zero-order chi connectivity index (χ0) is 96.9. The number of fused-ring (bicyclic) bond motifs is 4. The third kappa shape index (κ3) is 47.0. The van der Waals surface area contributed by atoms with Gasteiger partial charge < -0.3 is 34.8 Å². The van der Waals surface area contributed by atoms with E-state index in [1.54, 1.807) is 53.3 Å². The van der Waals surface area contributed by atoms with E-state index in [1.165, 1.54) is 115 Å². The molecule has 0 aliphatic carbocycles. The summed E-state index contributed by atoms with van der Waals surface area (Å²) >= 11 is 5.62. The monoisotopic (exact) mass is 2950 g/mol. The molecule has 0 unspecified atom stereocenters. The Morgan fingerprint density at radius 2 is 0.761 bits per heavy atom. The Hall–Kier alpha value is -11.9. The van der Waals surface area contributed by atoms with E-state index in [9.17, 15) is 37.9 Å². The first-order valence-electron chi connectivity index (χ1n) is 41.1. The number of pyridine rings is 2. The van der Waals surface area contributed by atoms with Crippen LogP contribution in [0.3, 0.4) is 0 Å². The molecule has 0 atom stereocenters. The van der Waals surface area contributed by atoms with Gasteiger partial charge in [-0.05, 0) is 119 Å². The second-order valence-corrected chi connectivity index (χ2v) is 31.2. The number of aliphatic hydroxyl groups is 5. The van der Waals surface area contributed by atoms with Gasteiger partial charge in [-0.3, -0.25) is 57.1 Å². The number of nitrogens with zero attached hydrogens (tertiary/aromatic N) is 10. The summed E-state index contributed by atoms with van der Waals surface area (Å²) in [6.07, 6.45) is 13.3. The van der Waals surface area contributed by atoms with Crippen molar-refractivity contribution in [3.63, 3.8) is 0 Å². The number of allylic oxidation sites excluding steroid dienone is 10. The van der Waals surface area contributed by atoms with Crippen molar-refractivity contribution >= 4 is 84.1 Å². The third-order valence-electron chi connectivity index (χ3n) is 17.2. The standard InChI is InChI=1S/C16H12NO.C15H10N.2C13H8FN2.C11H20O2.C10H6ClN2.C10H9N2.4C5H8O2.6Ir/c1-18-14-9-6-13(7-10-14)16-11-8-12-4-2-3-5-15(12)17-16;1-2-6-12(7-3-1)15-11-10-13-8-4-5-9-14(13)16-15;2*14-11-5-7-12(8-6-11)16-13-4-2-1-3-10(13)9-15-16;1-10(2,3)8(12)7-9(13)11(4,5)6;11-10-7-6-9(12-13-10)8-4-2-1-3-5-8;1-12-8-7-11-10(12)9-5-3-2-4-6-9;4*1-4(6)3-5(2)7;;;;;;/h2-6,8-11H,1H3;1-6,8-11H;2*1-7,9H;7,12H,1-6H3;1-4,6-7H;2-5,7-8H,1H3;4*3,6H,1-2H3;;;;;;/q4*-1;;2*-1;;;;;;;;;;. The molecular formula is C108H105ClF2Ir6N10O11-6. The maximum Gasteiger partial charge on any atom is 0.164 e. The Morgan fingerprint density at radius 3 is 1.07 bits per heavy atom. The third-order valence-corrected chi connectivity index (χ3v) is 17.4. The number of benzene rings is 10. The second kappa shape index (κ2) is 65.8. The van der Waals surface area contributed by atoms with E-state index in [1.807, 2.05) is 253 Å². The molecule has 0 aliphatic rings. The molecule has 16 rings (SSSR count). The predicted molar refractivity (Wildman–Crippen MR) is 520 cm³/mol. The summed E-state index contributed by atoms with van der Waals surface area (Å²) in [5, 5.41) is 64.0. The summed E-state index contributed by atoms with van der Waals surface area (Å²) in [4.78, 5) is 65.0. The van der Waals surface area contributed by atoms with E-state index < -0.39 is 5.41 Å². The normalized spacial score (nSPS) is 10.6. The van der Waals surface area contributed by atoms with Crippen LogP contribution in [0.25, 0.3) is 100 Å². The quantitative estimate of drug-likeness (QED) is 0.0431. The summed E-state index contributed by atoms with van der Waals surface area (Å²) in [6, 6.07) is 99.8. The average Bonchev–Trinajstić information content (AvgIpc) is 1.66. The minimum absolute atomic E-state index is 0. The zero-order valence-corrected chi connectivity index (χ0v) is 93.4. The molecule has 734 valence electrons. The molecule has 0 saturated heterocycles. The van der Waals surface area contributed by atoms with Crippen LogP contribution in [0, 0.1) is 58.9 Å². The van der Waals surface area contributed by atoms with Crippen LogP contribution in [0.4, 0.5) is 8.78 Å². The molecule has 138 heavy (non-hydrogen) atoms. The summed E-state index contributed by atoms with van der Waals surface area (Å²) in [5.41, 5.74) is 11.4. The first-order chi connectivity index (χ1) is 62.8. The SMILES string of the molecule is CC(=O)C=C(C)O.CC(=O)C=C(C)O.CC(=O)C=C(C)O.CC(=O)C=C(C)O.CC(C)(C)C(=O)C=C(O)C(C)(C)C.COc1c[c-]c(-c2ccc3ccccc3n2)cc1.Clc1ccc(-c2[c-]cccc2)nn1.Cn1ccnc1-c1[c-]cccc1.Fc1c[c-]c(-n2ncc3ccccc32)cc1.Fc1c[c-]c(-n2ncc3ccccc32)cc1.[Ir].[Ir].[Ir].[Ir].[Ir].[Ir].[c-]1ccccc1-c1ccc2ccccc2n1. The van der Waals surface area contributed by atoms with Gasteiger partial charge in [0.15, 0.2) is 28.9 Å². The van der Waals surface area contributed by atoms with Crippen molar-refractivity contribution in [2.75, 3.05) is 7.11 Å². The predicted octanol–water partition coefficient (Wildman–Crippen LogP) is 25.1. The maximum atomic E-state index is 12.8. The average molecular weight is 2950 g/mol. The molecule has 0 fully saturated rings. The largest absolute Gasteiger partial charge is 0.540 e. The summed E-state index contributed by atoms with van der Waals surface area (Å²) in [5.74, 6) is 1.03. The number of para-hydroxylation sites is 4. The number of aromatic nitrogens is 10. The molecule has 0 spiro atoms. The van der Waals surface area contributed by atoms with Gasteiger partial charge in [0.1, 0.15) is 10.9 Å². The minimum atomic E-state index is -0.417. The van der Waals surface area contributed by atoms with Crippen molar-refractivity contribution in [1.82, 2.24) is 49.3 Å². The number of hydrogen-bond acceptors (Lipinski definition) is 18. The van der Waals surface area contributed by atoms with Gasteiger partial charge in [-0.25, -0.2) is 0 Å². The van der Waals surface area contributed by atoms with Gasteiger partial charge in [-0.15, -0.1) is 179 Å². The first-order valence-corrected chi connectivity index (χ1v) is 41.5. The van der Waals surface area contributed by atoms with E-state index in [2.05, 4.69) is 96.0 Å². The molecule has 21 nitrogen and oxygen atoms in total. The Bertz CT molecular complexity index is 6300. The number of methoxy groups -OCH3 is 1. The number of ether oxygens (including phenoxy) is 1. The summed E-state index contributed by atoms with van der Waals surface area (Å²) in [6.45, 7) is 22.5. The Balaban J connectivity index is 0.00000151. The summed E-state index contributed by atoms with van der Waals surface area (Å²) < 4.78 is 36.2. The molecular weight excluding hydrogens is 2840 g/mol. The van der Waals surface area contributed by atoms with Crippen LogP contribution in [0.1, 0.15) is 96.9 Å². The molecule has 0 bridgehead atoms. The molecule has 16 aromatic rings. The van der Waals surface area contributed by atoms with Gasteiger partial charge in [0.25, 0.3) is 0 Å². The molecule has 6 radical (unpaired) electrons. The van der Waals surface area contributed by atoms with Crippen LogP contribution >= 0.6 is 11.6 Å². The minimum Gasteiger partial charge on any atom is -0.540 e. The van der Waals surface area contributed by atoms with Gasteiger partial charge in [-0.1, -0.05) is 156 Å². The van der Waals surface area contributed by atoms with Gasteiger partial charge in [0, 0.05) is 215 Å². The number of aliphatic hydroxyl groups excluding tert-OH is 5. The van der Waals surface area contributed by atoms with Crippen LogP contribution in [0.15, 0.2) is 345 Å². The topological polar surface area (TPSA) is 301 Å². The van der Waals surface area contributed by atoms with Crippen molar-refractivity contribution in [3.05, 3.63) is 398 Å². The fraction of sp³-hybridized carbons (Fsp3) is 0.167. The molecule has 0 aliphatic heterocycles. The molecule has 5 N–H and O–H groups in total. The first kappa shape index (κ1) is 126. The van der Waals surface area contributed by atoms with Gasteiger partial charge in [0.05, 0.1) is 70.4 Å². The van der Waals surface area contributed by atoms with Gasteiger partial charge in [0.2, 0.25) is 0 Å². The number of hydrogen-bond donors (Lipinski definition) is 5. The molecule has 0 saturated carbocycles. The number of carbonyl (C=O) groups is 5. The summed E-state index contributed by atoms with van der Waals surface area (Å²) in [7, 11) is 3.63. The molecule has 6 aromatic heterocycles. The van der Waals surface area contributed by atoms with Crippen LogP contribution in [0.2, 0.25) is 5.15 Å². The number of rotatable bonds is 12. The Labute approximate surface area is 891 Å². The van der Waals surface area contributed by atoms with E-state index in [-0.39, 0.29) is 195 Å². The fourth-order valence-corrected chi connectivity index (χ4v) is 11.1. The van der Waals surface area contributed by atoms with E-state index in [0.29, 0.717) is 5.15 Å². The van der Waals surface area contributed by atoms with Crippen molar-refractivity contribution in [2.24, 2.45) is 17.9 Å². The smallest absolute Gasteiger partial charge is 0.164 e.